The molecule has 1 rings (SSSR count). The molecule has 0 aromatic heterocycles. The Kier molecular flexibility index (Phi) is 8.21. The topological polar surface area (TPSA) is 71.3 Å². The van der Waals surface area contributed by atoms with E-state index in [9.17, 15) is 4.79 Å². The molecule has 5 heteroatoms. The van der Waals surface area contributed by atoms with Gasteiger partial charge in [0.1, 0.15) is 11.8 Å². The summed E-state index contributed by atoms with van der Waals surface area (Å²) in [4.78, 5) is 11.2. The standard InChI is InChI=1S/C17H22N2O3/c1-3-4-5-6-11-22-16-9-7-15(8-10-16)19-13-14(12-18)17(20)21-2/h7-10,13,19H,3-6,11H2,1-2H3/b14-13-. The van der Waals surface area contributed by atoms with Crippen LogP contribution >= 0.6 is 0 Å². The molecule has 0 fully saturated rings. The maximum Gasteiger partial charge on any atom is 0.350 e. The first kappa shape index (κ1) is 17.6. The molecule has 5 nitrogen and oxygen atoms in total. The Morgan fingerprint density at radius 1 is 1.27 bits per heavy atom. The van der Waals surface area contributed by atoms with E-state index in [1.165, 1.54) is 32.6 Å². The molecule has 1 aromatic carbocycles. The number of benzene rings is 1. The third-order valence-corrected chi connectivity index (χ3v) is 3.03. The normalized spacial score (nSPS) is 10.7. The van der Waals surface area contributed by atoms with Crippen molar-refractivity contribution in [1.29, 1.82) is 5.26 Å². The number of hydrogen-bond acceptors (Lipinski definition) is 5. The lowest BCUT2D eigenvalue weighted by Gasteiger charge is -2.07. The van der Waals surface area contributed by atoms with Crippen LogP contribution in [0.3, 0.4) is 0 Å². The fraction of sp³-hybridized carbons (Fsp3) is 0.412. The van der Waals surface area contributed by atoms with E-state index in [1.54, 1.807) is 6.07 Å². The summed E-state index contributed by atoms with van der Waals surface area (Å²) < 4.78 is 10.1. The highest BCUT2D eigenvalue weighted by Gasteiger charge is 2.07. The van der Waals surface area contributed by atoms with Crippen molar-refractivity contribution in [3.8, 4) is 11.8 Å². The summed E-state index contributed by atoms with van der Waals surface area (Å²) in [7, 11) is 1.24. The first-order valence-corrected chi connectivity index (χ1v) is 7.39. The van der Waals surface area contributed by atoms with Gasteiger partial charge in [0, 0.05) is 11.9 Å². The Labute approximate surface area is 131 Å². The van der Waals surface area contributed by atoms with Crippen LogP contribution < -0.4 is 10.1 Å². The summed E-state index contributed by atoms with van der Waals surface area (Å²) in [5.41, 5.74) is 0.675. The number of carbonyl (C=O) groups excluding carboxylic acids is 1. The number of anilines is 1. The number of nitriles is 1. The lowest BCUT2D eigenvalue weighted by Crippen LogP contribution is -2.05. The van der Waals surface area contributed by atoms with Crippen LogP contribution in [-0.4, -0.2) is 19.7 Å². The zero-order valence-electron chi connectivity index (χ0n) is 13.1. The maximum atomic E-state index is 11.2. The van der Waals surface area contributed by atoms with Crippen LogP contribution in [0.1, 0.15) is 32.6 Å². The van der Waals surface area contributed by atoms with Gasteiger partial charge in [-0.15, -0.1) is 0 Å². The van der Waals surface area contributed by atoms with E-state index in [0.717, 1.165) is 17.9 Å². The molecule has 0 bridgehead atoms. The van der Waals surface area contributed by atoms with Crippen LogP contribution in [0.4, 0.5) is 5.69 Å². The van der Waals surface area contributed by atoms with E-state index in [2.05, 4.69) is 17.0 Å². The van der Waals surface area contributed by atoms with Gasteiger partial charge in [0.2, 0.25) is 0 Å². The minimum absolute atomic E-state index is 0.0845. The van der Waals surface area contributed by atoms with Crippen LogP contribution in [0.25, 0.3) is 0 Å². The molecule has 0 heterocycles. The van der Waals surface area contributed by atoms with Gasteiger partial charge in [-0.05, 0) is 30.7 Å². The van der Waals surface area contributed by atoms with Gasteiger partial charge in [-0.3, -0.25) is 0 Å². The molecule has 0 aliphatic rings. The Bertz CT molecular complexity index is 530. The van der Waals surface area contributed by atoms with Gasteiger partial charge < -0.3 is 14.8 Å². The number of ether oxygens (including phenoxy) is 2. The van der Waals surface area contributed by atoms with Gasteiger partial charge in [-0.2, -0.15) is 5.26 Å². The fourth-order valence-corrected chi connectivity index (χ4v) is 1.77. The molecule has 0 aliphatic carbocycles. The molecule has 0 radical (unpaired) electrons. The Morgan fingerprint density at radius 3 is 2.59 bits per heavy atom. The summed E-state index contributed by atoms with van der Waals surface area (Å²) in [6.45, 7) is 2.90. The summed E-state index contributed by atoms with van der Waals surface area (Å²) in [6, 6.07) is 9.12. The Hall–Kier alpha value is -2.48. The summed E-state index contributed by atoms with van der Waals surface area (Å²) in [5.74, 6) is 0.140. The molecule has 0 unspecified atom stereocenters. The number of carbonyl (C=O) groups is 1. The lowest BCUT2D eigenvalue weighted by molar-refractivity contribution is -0.135. The third-order valence-electron chi connectivity index (χ3n) is 3.03. The monoisotopic (exact) mass is 302 g/mol. The largest absolute Gasteiger partial charge is 0.494 e. The molecule has 0 aliphatic heterocycles. The van der Waals surface area contributed by atoms with Crippen molar-refractivity contribution in [2.75, 3.05) is 19.0 Å². The molecule has 1 N–H and O–H groups in total. The average molecular weight is 302 g/mol. The number of unbranched alkanes of at least 4 members (excludes halogenated alkanes) is 3. The van der Waals surface area contributed by atoms with Crippen molar-refractivity contribution in [2.24, 2.45) is 0 Å². The number of nitrogens with zero attached hydrogens (tertiary/aromatic N) is 1. The second-order valence-corrected chi connectivity index (χ2v) is 4.74. The zero-order chi connectivity index (χ0) is 16.2. The first-order valence-electron chi connectivity index (χ1n) is 7.39. The van der Waals surface area contributed by atoms with Crippen LogP contribution in [0.5, 0.6) is 5.75 Å². The SMILES string of the molecule is CCCCCCOc1ccc(N/C=C(/C#N)C(=O)OC)cc1. The highest BCUT2D eigenvalue weighted by Crippen LogP contribution is 2.16. The quantitative estimate of drug-likeness (QED) is 0.326. The molecular weight excluding hydrogens is 280 g/mol. The molecule has 0 saturated heterocycles. The molecule has 0 atom stereocenters. The van der Waals surface area contributed by atoms with Gasteiger partial charge in [0.15, 0.2) is 5.57 Å². The van der Waals surface area contributed by atoms with Crippen molar-refractivity contribution in [2.45, 2.75) is 32.6 Å². The van der Waals surface area contributed by atoms with E-state index in [0.29, 0.717) is 6.61 Å². The predicted octanol–water partition coefficient (Wildman–Crippen LogP) is 3.64. The smallest absolute Gasteiger partial charge is 0.350 e. The summed E-state index contributed by atoms with van der Waals surface area (Å²) in [6.07, 6.45) is 6.02. The van der Waals surface area contributed by atoms with E-state index in [1.807, 2.05) is 24.3 Å². The molecule has 0 saturated carbocycles. The summed E-state index contributed by atoms with van der Waals surface area (Å²) in [5, 5.41) is 11.7. The molecule has 0 spiro atoms. The van der Waals surface area contributed by atoms with Crippen LogP contribution in [0, 0.1) is 11.3 Å². The molecule has 118 valence electrons. The lowest BCUT2D eigenvalue weighted by atomic mass is 10.2. The minimum Gasteiger partial charge on any atom is -0.494 e. The van der Waals surface area contributed by atoms with Gasteiger partial charge in [0.05, 0.1) is 13.7 Å². The number of esters is 1. The zero-order valence-corrected chi connectivity index (χ0v) is 13.1. The molecular formula is C17H22N2O3. The number of hydrogen-bond donors (Lipinski definition) is 1. The second-order valence-electron chi connectivity index (χ2n) is 4.74. The van der Waals surface area contributed by atoms with Gasteiger partial charge in [-0.25, -0.2) is 4.79 Å². The molecule has 1 aromatic rings. The Balaban J connectivity index is 2.46. The van der Waals surface area contributed by atoms with E-state index < -0.39 is 5.97 Å². The summed E-state index contributed by atoms with van der Waals surface area (Å²) >= 11 is 0. The van der Waals surface area contributed by atoms with Gasteiger partial charge in [-0.1, -0.05) is 26.2 Å². The molecule has 0 amide bonds. The van der Waals surface area contributed by atoms with Crippen molar-refractivity contribution in [1.82, 2.24) is 0 Å². The van der Waals surface area contributed by atoms with E-state index >= 15 is 0 Å². The number of nitrogens with one attached hydrogen (secondary N) is 1. The van der Waals surface area contributed by atoms with Crippen molar-refractivity contribution >= 4 is 11.7 Å². The van der Waals surface area contributed by atoms with Crippen molar-refractivity contribution in [3.05, 3.63) is 36.0 Å². The van der Waals surface area contributed by atoms with Gasteiger partial charge in [0.25, 0.3) is 0 Å². The predicted molar refractivity (Wildman–Crippen MR) is 85.4 cm³/mol. The maximum absolute atomic E-state index is 11.2. The highest BCUT2D eigenvalue weighted by molar-refractivity contribution is 5.92. The average Bonchev–Trinajstić information content (AvgIpc) is 2.56. The van der Waals surface area contributed by atoms with Gasteiger partial charge >= 0.3 is 5.97 Å². The van der Waals surface area contributed by atoms with Crippen molar-refractivity contribution < 1.29 is 14.3 Å². The van der Waals surface area contributed by atoms with Crippen molar-refractivity contribution in [3.63, 3.8) is 0 Å². The first-order chi connectivity index (χ1) is 10.7. The third kappa shape index (κ3) is 6.31. The molecule has 22 heavy (non-hydrogen) atoms. The fourth-order valence-electron chi connectivity index (χ4n) is 1.77. The number of methoxy groups -OCH3 is 1. The van der Waals surface area contributed by atoms with Crippen LogP contribution in [0.15, 0.2) is 36.0 Å². The van der Waals surface area contributed by atoms with Crippen LogP contribution in [0.2, 0.25) is 0 Å². The van der Waals surface area contributed by atoms with E-state index in [4.69, 9.17) is 10.00 Å². The van der Waals surface area contributed by atoms with Crippen LogP contribution in [-0.2, 0) is 9.53 Å². The number of rotatable bonds is 9. The second kappa shape index (κ2) is 10.3. The van der Waals surface area contributed by atoms with E-state index in [-0.39, 0.29) is 5.57 Å². The minimum atomic E-state index is -0.665. The highest BCUT2D eigenvalue weighted by atomic mass is 16.5. The Morgan fingerprint density at radius 2 is 2.00 bits per heavy atom.